The number of carbonyl (C=O) groups is 1. The molecule has 0 radical (unpaired) electrons. The van der Waals surface area contributed by atoms with E-state index in [4.69, 9.17) is 0 Å². The first-order valence-electron chi connectivity index (χ1n) is 7.15. The maximum atomic E-state index is 12.9. The lowest BCUT2D eigenvalue weighted by Gasteiger charge is -2.08. The number of fused-ring (bicyclic) bond motifs is 1. The molecular formula is C17H15NO5S. The lowest BCUT2D eigenvalue weighted by molar-refractivity contribution is -0.0423. The average molecular weight is 345 g/mol. The second-order valence-corrected chi connectivity index (χ2v) is 7.18. The van der Waals surface area contributed by atoms with Crippen LogP contribution in [0.15, 0.2) is 59.6 Å². The van der Waals surface area contributed by atoms with E-state index >= 15 is 0 Å². The number of ketones is 1. The summed E-state index contributed by atoms with van der Waals surface area (Å²) in [5.41, 5.74) is 0.681. The highest BCUT2D eigenvalue weighted by molar-refractivity contribution is 7.90. The molecule has 0 fully saturated rings. The monoisotopic (exact) mass is 345 g/mol. The Balaban J connectivity index is 2.32. The fraction of sp³-hybridized carbons (Fsp3) is 0.118. The average Bonchev–Trinajstić information content (AvgIpc) is 2.95. The Morgan fingerprint density at radius 3 is 2.33 bits per heavy atom. The van der Waals surface area contributed by atoms with Gasteiger partial charge in [0.1, 0.15) is 0 Å². The van der Waals surface area contributed by atoms with E-state index in [1.54, 1.807) is 18.2 Å². The van der Waals surface area contributed by atoms with E-state index in [0.717, 1.165) is 3.97 Å². The molecule has 7 heteroatoms. The quantitative estimate of drug-likeness (QED) is 0.557. The van der Waals surface area contributed by atoms with Gasteiger partial charge in [0, 0.05) is 22.7 Å². The molecule has 0 unspecified atom stereocenters. The van der Waals surface area contributed by atoms with Crippen molar-refractivity contribution in [3.63, 3.8) is 0 Å². The second-order valence-electron chi connectivity index (χ2n) is 5.36. The van der Waals surface area contributed by atoms with Gasteiger partial charge in [0.05, 0.1) is 10.4 Å². The van der Waals surface area contributed by atoms with Crippen molar-refractivity contribution in [1.82, 2.24) is 3.97 Å². The normalized spacial score (nSPS) is 12.0. The van der Waals surface area contributed by atoms with Crippen LogP contribution in [-0.2, 0) is 10.0 Å². The third-order valence-electron chi connectivity index (χ3n) is 3.77. The van der Waals surface area contributed by atoms with Gasteiger partial charge in [-0.3, -0.25) is 4.79 Å². The minimum atomic E-state index is -3.87. The number of Topliss-reactive ketones (excluding diaryl/α,β-unsaturated/α-hetero) is 1. The Hall–Kier alpha value is -2.48. The summed E-state index contributed by atoms with van der Waals surface area (Å²) >= 11 is 0. The summed E-state index contributed by atoms with van der Waals surface area (Å²) in [5.74, 6) is -0.313. The van der Waals surface area contributed by atoms with Crippen LogP contribution in [-0.4, -0.2) is 28.4 Å². The lowest BCUT2D eigenvalue weighted by Crippen LogP contribution is -2.11. The molecule has 0 aliphatic rings. The summed E-state index contributed by atoms with van der Waals surface area (Å²) in [7, 11) is -3.87. The molecule has 0 aliphatic heterocycles. The smallest absolute Gasteiger partial charge is 0.268 e. The van der Waals surface area contributed by atoms with E-state index in [9.17, 15) is 23.4 Å². The molecule has 3 aromatic rings. The SMILES string of the molecule is CC(=O)c1cn(S(=O)(=O)c2ccccc2)c2ccc(C(O)O)cc12. The zero-order valence-corrected chi connectivity index (χ0v) is 13.6. The minimum Gasteiger partial charge on any atom is -0.364 e. The van der Waals surface area contributed by atoms with E-state index in [-0.39, 0.29) is 21.8 Å². The Labute approximate surface area is 138 Å². The number of aromatic nitrogens is 1. The molecule has 1 aromatic heterocycles. The van der Waals surface area contributed by atoms with Gasteiger partial charge in [-0.25, -0.2) is 12.4 Å². The van der Waals surface area contributed by atoms with E-state index in [0.29, 0.717) is 10.9 Å². The predicted octanol–water partition coefficient (Wildman–Crippen LogP) is 2.06. The van der Waals surface area contributed by atoms with Gasteiger partial charge in [-0.15, -0.1) is 0 Å². The maximum absolute atomic E-state index is 12.9. The minimum absolute atomic E-state index is 0.100. The van der Waals surface area contributed by atoms with Crippen LogP contribution in [0.25, 0.3) is 10.9 Å². The summed E-state index contributed by atoms with van der Waals surface area (Å²) < 4.78 is 26.8. The fourth-order valence-electron chi connectivity index (χ4n) is 2.56. The molecular weight excluding hydrogens is 330 g/mol. The van der Waals surface area contributed by atoms with Crippen molar-refractivity contribution in [1.29, 1.82) is 0 Å². The number of hydrogen-bond donors (Lipinski definition) is 2. The molecule has 3 rings (SSSR count). The van der Waals surface area contributed by atoms with Crippen molar-refractivity contribution in [2.45, 2.75) is 18.1 Å². The van der Waals surface area contributed by atoms with Crippen LogP contribution in [0.3, 0.4) is 0 Å². The topological polar surface area (TPSA) is 96.6 Å². The summed E-state index contributed by atoms with van der Waals surface area (Å²) in [4.78, 5) is 12.0. The molecule has 1 heterocycles. The predicted molar refractivity (Wildman–Crippen MR) is 88.1 cm³/mol. The standard InChI is InChI=1S/C17H15NO5S/c1-11(19)15-10-18(24(22,23)13-5-3-2-4-6-13)16-8-7-12(17(20)21)9-14(15)16/h2-10,17,20-21H,1H3. The van der Waals surface area contributed by atoms with Gasteiger partial charge in [0.15, 0.2) is 12.1 Å². The van der Waals surface area contributed by atoms with Crippen LogP contribution in [0.2, 0.25) is 0 Å². The number of rotatable bonds is 4. The molecule has 124 valence electrons. The van der Waals surface area contributed by atoms with Crippen LogP contribution in [0.5, 0.6) is 0 Å². The van der Waals surface area contributed by atoms with Gasteiger partial charge in [0.25, 0.3) is 10.0 Å². The molecule has 0 saturated carbocycles. The molecule has 2 aromatic carbocycles. The first-order valence-corrected chi connectivity index (χ1v) is 8.59. The molecule has 0 saturated heterocycles. The molecule has 2 N–H and O–H groups in total. The lowest BCUT2D eigenvalue weighted by atomic mass is 10.1. The Bertz CT molecular complexity index is 1020. The summed E-state index contributed by atoms with van der Waals surface area (Å²) in [6.45, 7) is 1.33. The second kappa shape index (κ2) is 5.86. The molecule has 6 nitrogen and oxygen atoms in total. The Morgan fingerprint density at radius 1 is 1.08 bits per heavy atom. The zero-order valence-electron chi connectivity index (χ0n) is 12.7. The van der Waals surface area contributed by atoms with E-state index in [2.05, 4.69) is 0 Å². The van der Waals surface area contributed by atoms with Crippen LogP contribution in [0.1, 0.15) is 29.1 Å². The van der Waals surface area contributed by atoms with Crippen LogP contribution >= 0.6 is 0 Å². The number of carbonyl (C=O) groups excluding carboxylic acids is 1. The number of aliphatic hydroxyl groups is 2. The van der Waals surface area contributed by atoms with E-state index < -0.39 is 16.3 Å². The van der Waals surface area contributed by atoms with Crippen molar-refractivity contribution in [3.05, 3.63) is 65.9 Å². The molecule has 0 bridgehead atoms. The molecule has 24 heavy (non-hydrogen) atoms. The van der Waals surface area contributed by atoms with Crippen molar-refractivity contribution < 1.29 is 23.4 Å². The first kappa shape index (κ1) is 16.4. The van der Waals surface area contributed by atoms with Crippen LogP contribution < -0.4 is 0 Å². The highest BCUT2D eigenvalue weighted by Crippen LogP contribution is 2.28. The summed E-state index contributed by atoms with van der Waals surface area (Å²) in [5, 5.41) is 19.0. The van der Waals surface area contributed by atoms with Crippen LogP contribution in [0.4, 0.5) is 0 Å². The van der Waals surface area contributed by atoms with Crippen LogP contribution in [0, 0.1) is 0 Å². The van der Waals surface area contributed by atoms with Gasteiger partial charge < -0.3 is 10.2 Å². The third-order valence-corrected chi connectivity index (χ3v) is 5.46. The number of aliphatic hydroxyl groups excluding tert-OH is 1. The number of hydrogen-bond acceptors (Lipinski definition) is 5. The summed E-state index contributed by atoms with van der Waals surface area (Å²) in [6.07, 6.45) is -0.439. The number of benzene rings is 2. The van der Waals surface area contributed by atoms with Crippen molar-refractivity contribution in [3.8, 4) is 0 Å². The molecule has 0 aliphatic carbocycles. The highest BCUT2D eigenvalue weighted by Gasteiger charge is 2.23. The highest BCUT2D eigenvalue weighted by atomic mass is 32.2. The van der Waals surface area contributed by atoms with E-state index in [1.165, 1.54) is 43.5 Å². The van der Waals surface area contributed by atoms with Gasteiger partial charge in [-0.1, -0.05) is 24.3 Å². The largest absolute Gasteiger partial charge is 0.364 e. The molecule has 0 spiro atoms. The number of nitrogens with zero attached hydrogens (tertiary/aromatic N) is 1. The Kier molecular flexibility index (Phi) is 4.00. The molecule has 0 amide bonds. The maximum Gasteiger partial charge on any atom is 0.268 e. The van der Waals surface area contributed by atoms with Crippen molar-refractivity contribution >= 4 is 26.7 Å². The van der Waals surface area contributed by atoms with E-state index in [1.807, 2.05) is 0 Å². The Morgan fingerprint density at radius 2 is 1.75 bits per heavy atom. The third kappa shape index (κ3) is 2.62. The van der Waals surface area contributed by atoms with Gasteiger partial charge >= 0.3 is 0 Å². The fourth-order valence-corrected chi connectivity index (χ4v) is 3.95. The van der Waals surface area contributed by atoms with Crippen molar-refractivity contribution in [2.75, 3.05) is 0 Å². The first-order chi connectivity index (χ1) is 11.3. The van der Waals surface area contributed by atoms with Crippen molar-refractivity contribution in [2.24, 2.45) is 0 Å². The van der Waals surface area contributed by atoms with Gasteiger partial charge in [-0.2, -0.15) is 0 Å². The molecule has 0 atom stereocenters. The zero-order chi connectivity index (χ0) is 17.5. The van der Waals surface area contributed by atoms with Gasteiger partial charge in [0.2, 0.25) is 0 Å². The summed E-state index contributed by atoms with van der Waals surface area (Å²) in [6, 6.07) is 12.2. The van der Waals surface area contributed by atoms with Gasteiger partial charge in [-0.05, 0) is 31.2 Å².